The second-order valence-corrected chi connectivity index (χ2v) is 6.92. The molecule has 1 amide bonds. The molecule has 0 bridgehead atoms. The topological polar surface area (TPSA) is 81.4 Å². The van der Waals surface area contributed by atoms with Gasteiger partial charge in [-0.2, -0.15) is 9.61 Å². The van der Waals surface area contributed by atoms with Gasteiger partial charge in [0.25, 0.3) is 0 Å². The van der Waals surface area contributed by atoms with E-state index in [1.54, 1.807) is 4.52 Å². The van der Waals surface area contributed by atoms with Crippen LogP contribution in [0.25, 0.3) is 4.96 Å². The molecule has 2 heterocycles. The minimum absolute atomic E-state index is 0.0674. The molecule has 0 radical (unpaired) electrons. The van der Waals surface area contributed by atoms with Crippen LogP contribution in [0.2, 0.25) is 0 Å². The minimum atomic E-state index is -0.0674. The number of fused-ring (bicyclic) bond motifs is 1. The van der Waals surface area contributed by atoms with Gasteiger partial charge in [0.15, 0.2) is 5.82 Å². The summed E-state index contributed by atoms with van der Waals surface area (Å²) in [5.41, 5.74) is 0.689. The van der Waals surface area contributed by atoms with Crippen LogP contribution in [0.3, 0.4) is 0 Å². The Labute approximate surface area is 150 Å². The molecule has 0 spiro atoms. The first kappa shape index (κ1) is 17.3. The molecule has 0 aliphatic heterocycles. The first-order valence-electron chi connectivity index (χ1n) is 8.31. The Hall–Kier alpha value is -2.48. The number of rotatable bonds is 7. The van der Waals surface area contributed by atoms with Crippen molar-refractivity contribution >= 4 is 27.9 Å². The molecule has 0 aliphatic rings. The number of hydrogen-bond donors (Lipinski definition) is 1. The maximum absolute atomic E-state index is 12.2. The molecule has 0 atom stereocenters. The van der Waals surface area contributed by atoms with Crippen LogP contribution in [0.5, 0.6) is 5.75 Å². The molecule has 0 saturated carbocycles. The van der Waals surface area contributed by atoms with Crippen LogP contribution in [0.1, 0.15) is 43.9 Å². The number of carbonyl (C=O) groups is 1. The molecule has 0 unspecified atom stereocenters. The third-order valence-corrected chi connectivity index (χ3v) is 4.56. The number of benzene rings is 1. The maximum atomic E-state index is 12.2. The van der Waals surface area contributed by atoms with E-state index in [0.717, 1.165) is 15.8 Å². The summed E-state index contributed by atoms with van der Waals surface area (Å²) in [5, 5.41) is 16.6. The van der Waals surface area contributed by atoms with Crippen molar-refractivity contribution in [2.24, 2.45) is 0 Å². The molecule has 132 valence electrons. The van der Waals surface area contributed by atoms with E-state index in [0.29, 0.717) is 30.9 Å². The SMILES string of the molecule is CCOc1ccccc1NC(=O)CCc1nn2c(C(C)C)nnc2s1. The van der Waals surface area contributed by atoms with Crippen LogP contribution in [0, 0.1) is 0 Å². The van der Waals surface area contributed by atoms with Gasteiger partial charge in [-0.05, 0) is 19.1 Å². The molecule has 1 aromatic carbocycles. The standard InChI is InChI=1S/C17H21N5O2S/c1-4-24-13-8-6-5-7-12(13)18-14(23)9-10-15-21-22-16(11(2)3)19-20-17(22)25-15/h5-8,11H,4,9-10H2,1-3H3,(H,18,23). The number of ether oxygens (including phenoxy) is 1. The van der Waals surface area contributed by atoms with Gasteiger partial charge >= 0.3 is 0 Å². The van der Waals surface area contributed by atoms with Gasteiger partial charge in [-0.15, -0.1) is 10.2 Å². The predicted molar refractivity (Wildman–Crippen MR) is 97.3 cm³/mol. The number of nitrogens with one attached hydrogen (secondary N) is 1. The summed E-state index contributed by atoms with van der Waals surface area (Å²) in [6.07, 6.45) is 0.912. The first-order valence-corrected chi connectivity index (χ1v) is 9.12. The molecule has 7 nitrogen and oxygen atoms in total. The number of aryl methyl sites for hydroxylation is 1. The largest absolute Gasteiger partial charge is 0.492 e. The highest BCUT2D eigenvalue weighted by atomic mass is 32.1. The van der Waals surface area contributed by atoms with Gasteiger partial charge in [0.2, 0.25) is 10.9 Å². The lowest BCUT2D eigenvalue weighted by Gasteiger charge is -2.10. The quantitative estimate of drug-likeness (QED) is 0.700. The molecular weight excluding hydrogens is 338 g/mol. The van der Waals surface area contributed by atoms with Gasteiger partial charge in [0.1, 0.15) is 10.8 Å². The summed E-state index contributed by atoms with van der Waals surface area (Å²) in [7, 11) is 0. The Morgan fingerprint density at radius 2 is 2.12 bits per heavy atom. The van der Waals surface area contributed by atoms with Crippen LogP contribution in [0.15, 0.2) is 24.3 Å². The summed E-state index contributed by atoms with van der Waals surface area (Å²) in [4.78, 5) is 13.0. The van der Waals surface area contributed by atoms with Crippen molar-refractivity contribution in [1.29, 1.82) is 0 Å². The average Bonchev–Trinajstić information content (AvgIpc) is 3.14. The molecule has 25 heavy (non-hydrogen) atoms. The van der Waals surface area contributed by atoms with E-state index in [-0.39, 0.29) is 11.8 Å². The molecule has 0 saturated heterocycles. The molecule has 2 aromatic heterocycles. The lowest BCUT2D eigenvalue weighted by molar-refractivity contribution is -0.116. The lowest BCUT2D eigenvalue weighted by atomic mass is 10.2. The number of para-hydroxylation sites is 2. The normalized spacial score (nSPS) is 11.2. The minimum Gasteiger partial charge on any atom is -0.492 e. The van der Waals surface area contributed by atoms with E-state index < -0.39 is 0 Å². The zero-order valence-corrected chi connectivity index (χ0v) is 15.3. The van der Waals surface area contributed by atoms with Crippen molar-refractivity contribution in [3.05, 3.63) is 35.1 Å². The van der Waals surface area contributed by atoms with Gasteiger partial charge in [-0.25, -0.2) is 0 Å². The Morgan fingerprint density at radius 3 is 2.88 bits per heavy atom. The molecule has 0 aliphatic carbocycles. The van der Waals surface area contributed by atoms with Crippen molar-refractivity contribution in [2.75, 3.05) is 11.9 Å². The molecule has 1 N–H and O–H groups in total. The summed E-state index contributed by atoms with van der Waals surface area (Å²) in [6.45, 7) is 6.58. The van der Waals surface area contributed by atoms with Gasteiger partial charge in [-0.1, -0.05) is 37.3 Å². The molecule has 3 rings (SSSR count). The smallest absolute Gasteiger partial charge is 0.234 e. The second-order valence-electron chi connectivity index (χ2n) is 5.88. The Morgan fingerprint density at radius 1 is 1.32 bits per heavy atom. The molecular formula is C17H21N5O2S. The van der Waals surface area contributed by atoms with Gasteiger partial charge in [-0.3, -0.25) is 4.79 Å². The van der Waals surface area contributed by atoms with E-state index in [1.165, 1.54) is 11.3 Å². The Kier molecular flexibility index (Phi) is 5.28. The third kappa shape index (κ3) is 3.96. The van der Waals surface area contributed by atoms with Crippen molar-refractivity contribution in [3.8, 4) is 5.75 Å². The highest BCUT2D eigenvalue weighted by molar-refractivity contribution is 7.16. The van der Waals surface area contributed by atoms with Gasteiger partial charge < -0.3 is 10.1 Å². The van der Waals surface area contributed by atoms with Crippen LogP contribution in [0.4, 0.5) is 5.69 Å². The van der Waals surface area contributed by atoms with Crippen LogP contribution in [-0.2, 0) is 11.2 Å². The summed E-state index contributed by atoms with van der Waals surface area (Å²) in [5.74, 6) is 1.71. The predicted octanol–water partition coefficient (Wildman–Crippen LogP) is 3.28. The summed E-state index contributed by atoms with van der Waals surface area (Å²) >= 11 is 1.47. The fraction of sp³-hybridized carbons (Fsp3) is 0.412. The molecule has 0 fully saturated rings. The van der Waals surface area contributed by atoms with Gasteiger partial charge in [0, 0.05) is 18.8 Å². The number of nitrogens with zero attached hydrogens (tertiary/aromatic N) is 4. The monoisotopic (exact) mass is 359 g/mol. The van der Waals surface area contributed by atoms with Crippen LogP contribution in [-0.4, -0.2) is 32.3 Å². The summed E-state index contributed by atoms with van der Waals surface area (Å²) in [6, 6.07) is 7.43. The van der Waals surface area contributed by atoms with Crippen molar-refractivity contribution in [1.82, 2.24) is 19.8 Å². The Bertz CT molecular complexity index is 871. The highest BCUT2D eigenvalue weighted by Crippen LogP contribution is 2.24. The third-order valence-electron chi connectivity index (χ3n) is 3.60. The van der Waals surface area contributed by atoms with Crippen molar-refractivity contribution in [2.45, 2.75) is 39.5 Å². The highest BCUT2D eigenvalue weighted by Gasteiger charge is 2.15. The first-order chi connectivity index (χ1) is 12.1. The fourth-order valence-electron chi connectivity index (χ4n) is 2.42. The van der Waals surface area contributed by atoms with Crippen molar-refractivity contribution in [3.63, 3.8) is 0 Å². The fourth-order valence-corrected chi connectivity index (χ4v) is 3.26. The van der Waals surface area contributed by atoms with E-state index >= 15 is 0 Å². The lowest BCUT2D eigenvalue weighted by Crippen LogP contribution is -2.13. The van der Waals surface area contributed by atoms with Crippen molar-refractivity contribution < 1.29 is 9.53 Å². The van der Waals surface area contributed by atoms with E-state index in [2.05, 4.69) is 34.5 Å². The zero-order chi connectivity index (χ0) is 17.8. The maximum Gasteiger partial charge on any atom is 0.234 e. The summed E-state index contributed by atoms with van der Waals surface area (Å²) < 4.78 is 7.29. The molecule has 3 aromatic rings. The number of amides is 1. The van der Waals surface area contributed by atoms with E-state index in [1.807, 2.05) is 31.2 Å². The van der Waals surface area contributed by atoms with Crippen LogP contribution >= 0.6 is 11.3 Å². The van der Waals surface area contributed by atoms with E-state index in [4.69, 9.17) is 4.74 Å². The number of hydrogen-bond acceptors (Lipinski definition) is 6. The average molecular weight is 359 g/mol. The zero-order valence-electron chi connectivity index (χ0n) is 14.5. The van der Waals surface area contributed by atoms with Crippen LogP contribution < -0.4 is 10.1 Å². The molecule has 8 heteroatoms. The second kappa shape index (κ2) is 7.60. The van der Waals surface area contributed by atoms with E-state index in [9.17, 15) is 4.79 Å². The number of aromatic nitrogens is 4. The number of carbonyl (C=O) groups excluding carboxylic acids is 1. The number of anilines is 1. The Balaban J connectivity index is 1.63. The van der Waals surface area contributed by atoms with Gasteiger partial charge in [0.05, 0.1) is 12.3 Å².